The SMILES string of the molecule is NCCCC[C@H](NI)C(N)=O. The largest absolute Gasteiger partial charge is 0.368 e. The summed E-state index contributed by atoms with van der Waals surface area (Å²) < 4.78 is 2.82. The first-order valence-corrected chi connectivity index (χ1v) is 4.65. The fourth-order valence-electron chi connectivity index (χ4n) is 0.743. The molecule has 11 heavy (non-hydrogen) atoms. The van der Waals surface area contributed by atoms with Crippen LogP contribution in [-0.4, -0.2) is 18.5 Å². The first-order valence-electron chi connectivity index (χ1n) is 3.58. The van der Waals surface area contributed by atoms with Gasteiger partial charge in [-0.15, -0.1) is 0 Å². The van der Waals surface area contributed by atoms with Crippen molar-refractivity contribution in [2.24, 2.45) is 11.5 Å². The summed E-state index contributed by atoms with van der Waals surface area (Å²) in [5, 5.41) is 0. The molecular formula is C6H14IN3O. The molecule has 4 nitrogen and oxygen atoms in total. The number of carbonyl (C=O) groups excluding carboxylic acids is 1. The van der Waals surface area contributed by atoms with Gasteiger partial charge >= 0.3 is 0 Å². The molecule has 0 spiro atoms. The minimum absolute atomic E-state index is 0.206. The van der Waals surface area contributed by atoms with Crippen LogP contribution in [0.4, 0.5) is 0 Å². The highest BCUT2D eigenvalue weighted by Gasteiger charge is 2.11. The maximum Gasteiger partial charge on any atom is 0.235 e. The first kappa shape index (κ1) is 11.1. The highest BCUT2D eigenvalue weighted by Crippen LogP contribution is 2.00. The monoisotopic (exact) mass is 271 g/mol. The van der Waals surface area contributed by atoms with Crippen LogP contribution in [0, 0.1) is 0 Å². The first-order chi connectivity index (χ1) is 5.22. The van der Waals surface area contributed by atoms with E-state index in [0.717, 1.165) is 19.3 Å². The number of amides is 1. The van der Waals surface area contributed by atoms with Gasteiger partial charge < -0.3 is 11.5 Å². The van der Waals surface area contributed by atoms with Crippen LogP contribution in [0.2, 0.25) is 0 Å². The molecule has 1 amide bonds. The molecule has 0 aliphatic rings. The zero-order chi connectivity index (χ0) is 8.69. The molecule has 0 aliphatic heterocycles. The smallest absolute Gasteiger partial charge is 0.235 e. The summed E-state index contributed by atoms with van der Waals surface area (Å²) >= 11 is 1.93. The van der Waals surface area contributed by atoms with Gasteiger partial charge in [-0.05, 0) is 19.4 Å². The maximum absolute atomic E-state index is 10.6. The number of halogens is 1. The van der Waals surface area contributed by atoms with E-state index in [1.165, 1.54) is 0 Å². The van der Waals surface area contributed by atoms with Crippen LogP contribution in [0.3, 0.4) is 0 Å². The molecule has 0 saturated heterocycles. The van der Waals surface area contributed by atoms with Crippen molar-refractivity contribution in [1.29, 1.82) is 0 Å². The predicted molar refractivity (Wildman–Crippen MR) is 53.0 cm³/mol. The Morgan fingerprint density at radius 1 is 1.55 bits per heavy atom. The Kier molecular flexibility index (Phi) is 6.88. The van der Waals surface area contributed by atoms with Gasteiger partial charge in [0.05, 0.1) is 6.04 Å². The molecule has 1 atom stereocenters. The van der Waals surface area contributed by atoms with Crippen molar-refractivity contribution in [3.63, 3.8) is 0 Å². The Labute approximate surface area is 80.6 Å². The molecule has 0 aliphatic carbocycles. The van der Waals surface area contributed by atoms with Gasteiger partial charge in [0.15, 0.2) is 0 Å². The van der Waals surface area contributed by atoms with Crippen molar-refractivity contribution in [3.05, 3.63) is 0 Å². The average Bonchev–Trinajstić information content (AvgIpc) is 1.97. The Bertz CT molecular complexity index is 120. The number of nitrogens with one attached hydrogen (secondary N) is 1. The van der Waals surface area contributed by atoms with Crippen molar-refractivity contribution in [2.45, 2.75) is 25.3 Å². The number of hydrogen-bond acceptors (Lipinski definition) is 3. The third-order valence-electron chi connectivity index (χ3n) is 1.42. The van der Waals surface area contributed by atoms with Crippen molar-refractivity contribution < 1.29 is 4.79 Å². The molecule has 0 bridgehead atoms. The molecule has 5 N–H and O–H groups in total. The highest BCUT2D eigenvalue weighted by atomic mass is 127. The lowest BCUT2D eigenvalue weighted by molar-refractivity contribution is -0.119. The van der Waals surface area contributed by atoms with Gasteiger partial charge in [0, 0.05) is 22.9 Å². The van der Waals surface area contributed by atoms with Crippen LogP contribution in [-0.2, 0) is 4.79 Å². The molecule has 0 aromatic carbocycles. The Morgan fingerprint density at radius 3 is 2.55 bits per heavy atom. The molecule has 66 valence electrons. The summed E-state index contributed by atoms with van der Waals surface area (Å²) in [5.74, 6) is -0.295. The molecule has 0 rings (SSSR count). The summed E-state index contributed by atoms with van der Waals surface area (Å²) in [4.78, 5) is 10.6. The lowest BCUT2D eigenvalue weighted by atomic mass is 10.1. The molecule has 0 aromatic heterocycles. The van der Waals surface area contributed by atoms with Crippen molar-refractivity contribution in [3.8, 4) is 0 Å². The second-order valence-corrected chi connectivity index (χ2v) is 2.97. The summed E-state index contributed by atoms with van der Waals surface area (Å²) in [6.45, 7) is 0.673. The van der Waals surface area contributed by atoms with Gasteiger partial charge in [-0.3, -0.25) is 4.79 Å². The summed E-state index contributed by atoms with van der Waals surface area (Å²) in [6.07, 6.45) is 2.66. The summed E-state index contributed by atoms with van der Waals surface area (Å²) in [6, 6.07) is -0.206. The van der Waals surface area contributed by atoms with Gasteiger partial charge in [-0.1, -0.05) is 6.42 Å². The normalized spacial score (nSPS) is 12.9. The van der Waals surface area contributed by atoms with E-state index in [-0.39, 0.29) is 11.9 Å². The quantitative estimate of drug-likeness (QED) is 0.359. The zero-order valence-corrected chi connectivity index (χ0v) is 8.50. The van der Waals surface area contributed by atoms with Crippen molar-refractivity contribution in [2.75, 3.05) is 6.54 Å². The average molecular weight is 271 g/mol. The number of nitrogens with two attached hydrogens (primary N) is 2. The molecule has 0 radical (unpaired) electrons. The summed E-state index contributed by atoms with van der Waals surface area (Å²) in [7, 11) is 0. The van der Waals surface area contributed by atoms with Gasteiger partial charge in [0.2, 0.25) is 5.91 Å². The fraction of sp³-hybridized carbons (Fsp3) is 0.833. The number of unbranched alkanes of at least 4 members (excludes halogenated alkanes) is 1. The predicted octanol–water partition coefficient (Wildman–Crippen LogP) is -0.0911. The highest BCUT2D eigenvalue weighted by molar-refractivity contribution is 14.1. The molecule has 0 heterocycles. The molecule has 0 saturated carbocycles. The van der Waals surface area contributed by atoms with Crippen LogP contribution in [0.1, 0.15) is 19.3 Å². The second-order valence-electron chi connectivity index (χ2n) is 2.35. The number of carbonyl (C=O) groups is 1. The second kappa shape index (κ2) is 6.81. The van der Waals surface area contributed by atoms with E-state index < -0.39 is 0 Å². The zero-order valence-electron chi connectivity index (χ0n) is 6.35. The third-order valence-corrected chi connectivity index (χ3v) is 2.17. The third kappa shape index (κ3) is 5.40. The lowest BCUT2D eigenvalue weighted by Gasteiger charge is -2.09. The van der Waals surface area contributed by atoms with E-state index in [4.69, 9.17) is 11.5 Å². The van der Waals surface area contributed by atoms with Gasteiger partial charge in [0.25, 0.3) is 0 Å². The van der Waals surface area contributed by atoms with Crippen molar-refractivity contribution >= 4 is 28.8 Å². The molecule has 0 unspecified atom stereocenters. The van der Waals surface area contributed by atoms with Gasteiger partial charge in [-0.25, -0.2) is 3.53 Å². The molecule has 5 heteroatoms. The van der Waals surface area contributed by atoms with E-state index in [2.05, 4.69) is 3.53 Å². The van der Waals surface area contributed by atoms with E-state index in [1.54, 1.807) is 0 Å². The van der Waals surface area contributed by atoms with E-state index >= 15 is 0 Å². The molecule has 0 aromatic rings. The van der Waals surface area contributed by atoms with Crippen LogP contribution < -0.4 is 15.0 Å². The number of primary amides is 1. The minimum Gasteiger partial charge on any atom is -0.368 e. The van der Waals surface area contributed by atoms with Crippen LogP contribution in [0.15, 0.2) is 0 Å². The van der Waals surface area contributed by atoms with E-state index in [1.807, 2.05) is 22.9 Å². The maximum atomic E-state index is 10.6. The Balaban J connectivity index is 3.44. The van der Waals surface area contributed by atoms with E-state index in [9.17, 15) is 4.79 Å². The van der Waals surface area contributed by atoms with Crippen LogP contribution >= 0.6 is 22.9 Å². The molecular weight excluding hydrogens is 257 g/mol. The number of hydrogen-bond donors (Lipinski definition) is 3. The van der Waals surface area contributed by atoms with Crippen LogP contribution in [0.5, 0.6) is 0 Å². The van der Waals surface area contributed by atoms with Gasteiger partial charge in [0.1, 0.15) is 0 Å². The Morgan fingerprint density at radius 2 is 2.18 bits per heavy atom. The minimum atomic E-state index is -0.295. The fourth-order valence-corrected chi connectivity index (χ4v) is 1.36. The van der Waals surface area contributed by atoms with E-state index in [0.29, 0.717) is 6.54 Å². The van der Waals surface area contributed by atoms with Gasteiger partial charge in [-0.2, -0.15) is 0 Å². The van der Waals surface area contributed by atoms with Crippen molar-refractivity contribution in [1.82, 2.24) is 3.53 Å². The lowest BCUT2D eigenvalue weighted by Crippen LogP contribution is -2.36. The standard InChI is InChI=1S/C6H14IN3O/c7-10-5(6(9)11)3-1-2-4-8/h5,10H,1-4,8H2,(H2,9,11)/t5-/m0/s1. The molecule has 0 fully saturated rings. The van der Waals surface area contributed by atoms with Crippen LogP contribution in [0.25, 0.3) is 0 Å². The Hall–Kier alpha value is 0.120. The topological polar surface area (TPSA) is 81.1 Å². The summed E-state index contributed by atoms with van der Waals surface area (Å²) in [5.41, 5.74) is 10.4. The number of rotatable bonds is 6.